The van der Waals surface area contributed by atoms with E-state index in [9.17, 15) is 0 Å². The lowest BCUT2D eigenvalue weighted by Crippen LogP contribution is -2.35. The van der Waals surface area contributed by atoms with E-state index in [0.717, 1.165) is 24.0 Å². The monoisotopic (exact) mass is 322 g/mol. The molecule has 1 aromatic heterocycles. The Morgan fingerprint density at radius 2 is 2.00 bits per heavy atom. The smallest absolute Gasteiger partial charge is 0.258 e. The van der Waals surface area contributed by atoms with E-state index in [4.69, 9.17) is 4.74 Å². The second-order valence-electron chi connectivity index (χ2n) is 5.40. The number of rotatable bonds is 5. The fourth-order valence-electron chi connectivity index (χ4n) is 2.72. The summed E-state index contributed by atoms with van der Waals surface area (Å²) in [5.41, 5.74) is 1.74. The quantitative estimate of drug-likeness (QED) is 0.886. The zero-order chi connectivity index (χ0) is 14.5. The third-order valence-corrected chi connectivity index (χ3v) is 3.89. The van der Waals surface area contributed by atoms with Crippen molar-refractivity contribution in [3.8, 4) is 5.88 Å². The molecule has 1 aliphatic rings. The third-order valence-electron chi connectivity index (χ3n) is 3.89. The highest BCUT2D eigenvalue weighted by molar-refractivity contribution is 5.85. The van der Waals surface area contributed by atoms with Crippen LogP contribution in [0.2, 0.25) is 0 Å². The third kappa shape index (κ3) is 3.99. The van der Waals surface area contributed by atoms with Crippen molar-refractivity contribution in [2.24, 2.45) is 0 Å². The van der Waals surface area contributed by atoms with Gasteiger partial charge in [0.25, 0.3) is 5.88 Å². The zero-order valence-corrected chi connectivity index (χ0v) is 13.7. The first-order chi connectivity index (χ1) is 10.4. The first-order valence-electron chi connectivity index (χ1n) is 7.67. The molecule has 0 radical (unpaired) electrons. The van der Waals surface area contributed by atoms with Crippen molar-refractivity contribution >= 4 is 29.3 Å². The van der Waals surface area contributed by atoms with Gasteiger partial charge in [-0.2, -0.15) is 0 Å². The Kier molecular flexibility index (Phi) is 6.21. The predicted molar refractivity (Wildman–Crippen MR) is 92.1 cm³/mol. The van der Waals surface area contributed by atoms with Crippen molar-refractivity contribution in [2.75, 3.05) is 25.5 Å². The SMILES string of the molecule is CNc1nc2ccccc2nc1OCCC1CCCCN1.Cl. The molecule has 6 heteroatoms. The number of nitrogens with zero attached hydrogens (tertiary/aromatic N) is 2. The van der Waals surface area contributed by atoms with Gasteiger partial charge >= 0.3 is 0 Å². The number of anilines is 1. The van der Waals surface area contributed by atoms with Crippen molar-refractivity contribution in [3.63, 3.8) is 0 Å². The minimum absolute atomic E-state index is 0. The maximum absolute atomic E-state index is 5.86. The minimum atomic E-state index is 0. The maximum atomic E-state index is 5.86. The van der Waals surface area contributed by atoms with Gasteiger partial charge in [-0.25, -0.2) is 9.97 Å². The van der Waals surface area contributed by atoms with Gasteiger partial charge in [-0.15, -0.1) is 12.4 Å². The van der Waals surface area contributed by atoms with E-state index < -0.39 is 0 Å². The number of fused-ring (bicyclic) bond motifs is 1. The van der Waals surface area contributed by atoms with Gasteiger partial charge in [0.15, 0.2) is 5.82 Å². The molecule has 1 unspecified atom stereocenters. The lowest BCUT2D eigenvalue weighted by molar-refractivity contribution is 0.262. The van der Waals surface area contributed by atoms with Crippen LogP contribution in [0.4, 0.5) is 5.82 Å². The molecule has 1 saturated heterocycles. The average Bonchev–Trinajstić information content (AvgIpc) is 2.55. The summed E-state index contributed by atoms with van der Waals surface area (Å²) in [6.45, 7) is 1.79. The van der Waals surface area contributed by atoms with Crippen LogP contribution in [0.3, 0.4) is 0 Å². The van der Waals surface area contributed by atoms with Crippen LogP contribution in [0.15, 0.2) is 24.3 Å². The summed E-state index contributed by atoms with van der Waals surface area (Å²) < 4.78 is 5.86. The fraction of sp³-hybridized carbons (Fsp3) is 0.500. The molecule has 1 aromatic carbocycles. The first kappa shape index (κ1) is 16.8. The Morgan fingerprint density at radius 3 is 2.68 bits per heavy atom. The summed E-state index contributed by atoms with van der Waals surface area (Å²) in [6.07, 6.45) is 4.86. The molecule has 0 aliphatic carbocycles. The first-order valence-corrected chi connectivity index (χ1v) is 7.67. The average molecular weight is 323 g/mol. The van der Waals surface area contributed by atoms with Gasteiger partial charge in [0, 0.05) is 13.1 Å². The second-order valence-corrected chi connectivity index (χ2v) is 5.40. The van der Waals surface area contributed by atoms with Crippen LogP contribution in [0.25, 0.3) is 11.0 Å². The topological polar surface area (TPSA) is 59.1 Å². The lowest BCUT2D eigenvalue weighted by atomic mass is 10.0. The van der Waals surface area contributed by atoms with E-state index in [2.05, 4.69) is 20.6 Å². The van der Waals surface area contributed by atoms with E-state index in [1.54, 1.807) is 0 Å². The highest BCUT2D eigenvalue weighted by Crippen LogP contribution is 2.23. The zero-order valence-electron chi connectivity index (χ0n) is 12.8. The van der Waals surface area contributed by atoms with Crippen LogP contribution in [0.5, 0.6) is 5.88 Å². The molecule has 1 fully saturated rings. The van der Waals surface area contributed by atoms with Crippen molar-refractivity contribution in [3.05, 3.63) is 24.3 Å². The number of hydrogen-bond donors (Lipinski definition) is 2. The molecule has 1 atom stereocenters. The van der Waals surface area contributed by atoms with Crippen LogP contribution in [0.1, 0.15) is 25.7 Å². The molecule has 0 amide bonds. The largest absolute Gasteiger partial charge is 0.475 e. The van der Waals surface area contributed by atoms with Gasteiger partial charge in [0.1, 0.15) is 0 Å². The molecule has 5 nitrogen and oxygen atoms in total. The van der Waals surface area contributed by atoms with Gasteiger partial charge in [-0.05, 0) is 37.9 Å². The molecular formula is C16H23ClN4O. The molecule has 2 heterocycles. The number of aromatic nitrogens is 2. The maximum Gasteiger partial charge on any atom is 0.258 e. The number of hydrogen-bond acceptors (Lipinski definition) is 5. The van der Waals surface area contributed by atoms with E-state index in [-0.39, 0.29) is 12.4 Å². The summed E-state index contributed by atoms with van der Waals surface area (Å²) >= 11 is 0. The minimum Gasteiger partial charge on any atom is -0.475 e. The number of para-hydroxylation sites is 2. The van der Waals surface area contributed by atoms with Gasteiger partial charge in [-0.1, -0.05) is 18.6 Å². The Labute approximate surface area is 137 Å². The highest BCUT2D eigenvalue weighted by Gasteiger charge is 2.14. The van der Waals surface area contributed by atoms with Crippen LogP contribution in [0, 0.1) is 0 Å². The van der Waals surface area contributed by atoms with Gasteiger partial charge in [0.05, 0.1) is 17.6 Å². The molecule has 2 aromatic rings. The standard InChI is InChI=1S/C16H22N4O.ClH/c1-17-15-16(20-14-8-3-2-7-13(14)19-15)21-11-9-12-6-4-5-10-18-12;/h2-3,7-8,12,18H,4-6,9-11H2,1H3,(H,17,19);1H. The van der Waals surface area contributed by atoms with E-state index in [1.807, 2.05) is 31.3 Å². The van der Waals surface area contributed by atoms with Crippen LogP contribution >= 0.6 is 12.4 Å². The molecule has 2 N–H and O–H groups in total. The summed E-state index contributed by atoms with van der Waals surface area (Å²) in [6, 6.07) is 8.42. The normalized spacial score (nSPS) is 17.8. The second kappa shape index (κ2) is 8.15. The Morgan fingerprint density at radius 1 is 1.23 bits per heavy atom. The van der Waals surface area contributed by atoms with Crippen molar-refractivity contribution in [1.82, 2.24) is 15.3 Å². The van der Waals surface area contributed by atoms with Crippen LogP contribution in [-0.2, 0) is 0 Å². The van der Waals surface area contributed by atoms with E-state index in [1.165, 1.54) is 19.3 Å². The van der Waals surface area contributed by atoms with Crippen molar-refractivity contribution in [1.29, 1.82) is 0 Å². The summed E-state index contributed by atoms with van der Waals surface area (Å²) in [5.74, 6) is 1.29. The Bertz CT molecular complexity index is 602. The number of piperidine rings is 1. The van der Waals surface area contributed by atoms with E-state index >= 15 is 0 Å². The summed E-state index contributed by atoms with van der Waals surface area (Å²) in [5, 5.41) is 6.59. The van der Waals surface area contributed by atoms with Gasteiger partial charge in [0.2, 0.25) is 0 Å². The van der Waals surface area contributed by atoms with Crippen LogP contribution < -0.4 is 15.4 Å². The molecule has 3 rings (SSSR count). The molecule has 120 valence electrons. The van der Waals surface area contributed by atoms with Crippen LogP contribution in [-0.4, -0.2) is 36.2 Å². The number of halogens is 1. The number of benzene rings is 1. The lowest BCUT2D eigenvalue weighted by Gasteiger charge is -2.23. The molecular weight excluding hydrogens is 300 g/mol. The van der Waals surface area contributed by atoms with E-state index in [0.29, 0.717) is 24.3 Å². The Hall–Kier alpha value is -1.59. The fourth-order valence-corrected chi connectivity index (χ4v) is 2.72. The van der Waals surface area contributed by atoms with Gasteiger partial charge in [-0.3, -0.25) is 0 Å². The molecule has 22 heavy (non-hydrogen) atoms. The summed E-state index contributed by atoms with van der Waals surface area (Å²) in [4.78, 5) is 9.11. The Balaban J connectivity index is 0.00000176. The van der Waals surface area contributed by atoms with Crippen molar-refractivity contribution in [2.45, 2.75) is 31.7 Å². The van der Waals surface area contributed by atoms with Gasteiger partial charge < -0.3 is 15.4 Å². The number of ether oxygens (including phenoxy) is 1. The summed E-state index contributed by atoms with van der Waals surface area (Å²) in [7, 11) is 1.84. The molecule has 0 spiro atoms. The molecule has 0 saturated carbocycles. The highest BCUT2D eigenvalue weighted by atomic mass is 35.5. The molecule has 1 aliphatic heterocycles. The molecule has 0 bridgehead atoms. The number of nitrogens with one attached hydrogen (secondary N) is 2. The predicted octanol–water partition coefficient (Wildman–Crippen LogP) is 3.00. The van der Waals surface area contributed by atoms with Crippen molar-refractivity contribution < 1.29 is 4.74 Å².